The van der Waals surface area contributed by atoms with Gasteiger partial charge in [-0.15, -0.1) is 0 Å². The maximum atomic E-state index is 11.3. The molecule has 0 saturated heterocycles. The fourth-order valence-electron chi connectivity index (χ4n) is 1.96. The first-order valence-corrected chi connectivity index (χ1v) is 6.84. The van der Waals surface area contributed by atoms with E-state index in [4.69, 9.17) is 0 Å². The largest absolute Gasteiger partial charge is 0.365 e. The fraction of sp³-hybridized carbons (Fsp3) is 0.182. The standard InChI is InChI=1S/C11H9N5O6S/c1-5-10(23-11(12-2)13-5)9-7(15(19)20)3-6(14(17)18)4-8(9)16(21)22/h3-4H,1-2H3,(H,12,13). The van der Waals surface area contributed by atoms with Crippen molar-refractivity contribution in [2.24, 2.45) is 0 Å². The lowest BCUT2D eigenvalue weighted by Gasteiger charge is -2.03. The van der Waals surface area contributed by atoms with Crippen LogP contribution in [0.5, 0.6) is 0 Å². The predicted octanol–water partition coefficient (Wildman–Crippen LogP) is 2.88. The number of nitro benzene ring substituents is 3. The summed E-state index contributed by atoms with van der Waals surface area (Å²) in [7, 11) is 1.58. The number of nitro groups is 3. The highest BCUT2D eigenvalue weighted by molar-refractivity contribution is 7.19. The smallest absolute Gasteiger partial charge is 0.291 e. The zero-order valence-electron chi connectivity index (χ0n) is 11.8. The third-order valence-corrected chi connectivity index (χ3v) is 4.12. The van der Waals surface area contributed by atoms with Crippen molar-refractivity contribution in [3.63, 3.8) is 0 Å². The Kier molecular flexibility index (Phi) is 4.18. The molecule has 2 aromatic rings. The molecule has 120 valence electrons. The van der Waals surface area contributed by atoms with E-state index < -0.39 is 31.8 Å². The van der Waals surface area contributed by atoms with Gasteiger partial charge in [0, 0.05) is 7.05 Å². The average Bonchev–Trinajstić information content (AvgIpc) is 2.86. The SMILES string of the molecule is CNc1nc(C)c(-c2c([N+](=O)[O-])cc([N+](=O)[O-])cc2[N+](=O)[O-])s1. The number of rotatable bonds is 5. The number of anilines is 1. The van der Waals surface area contributed by atoms with E-state index in [0.29, 0.717) is 23.0 Å². The van der Waals surface area contributed by atoms with Crippen LogP contribution >= 0.6 is 11.3 Å². The number of thiazole rings is 1. The van der Waals surface area contributed by atoms with Crippen molar-refractivity contribution in [3.05, 3.63) is 48.2 Å². The minimum absolute atomic E-state index is 0.211. The average molecular weight is 339 g/mol. The van der Waals surface area contributed by atoms with E-state index in [-0.39, 0.29) is 10.4 Å². The Labute approximate surface area is 132 Å². The number of nitrogens with one attached hydrogen (secondary N) is 1. The van der Waals surface area contributed by atoms with Gasteiger partial charge in [-0.3, -0.25) is 30.3 Å². The van der Waals surface area contributed by atoms with Crippen LogP contribution in [0.3, 0.4) is 0 Å². The van der Waals surface area contributed by atoms with Crippen molar-refractivity contribution in [2.75, 3.05) is 12.4 Å². The molecule has 1 aromatic carbocycles. The highest BCUT2D eigenvalue weighted by Crippen LogP contribution is 2.45. The Bertz CT molecular complexity index is 797. The van der Waals surface area contributed by atoms with Gasteiger partial charge in [-0.1, -0.05) is 11.3 Å². The molecule has 1 aromatic heterocycles. The van der Waals surface area contributed by atoms with Crippen molar-refractivity contribution in [3.8, 4) is 10.4 Å². The van der Waals surface area contributed by atoms with Gasteiger partial charge in [0.2, 0.25) is 0 Å². The van der Waals surface area contributed by atoms with Gasteiger partial charge in [-0.25, -0.2) is 4.98 Å². The topological polar surface area (TPSA) is 154 Å². The lowest BCUT2D eigenvalue weighted by atomic mass is 10.1. The first-order chi connectivity index (χ1) is 10.8. The molecule has 1 N–H and O–H groups in total. The molecule has 0 bridgehead atoms. The lowest BCUT2D eigenvalue weighted by molar-refractivity contribution is -0.402. The first kappa shape index (κ1) is 16.2. The second-order valence-corrected chi connectivity index (χ2v) is 5.31. The molecule has 0 fully saturated rings. The summed E-state index contributed by atoms with van der Waals surface area (Å²) in [6.45, 7) is 1.54. The highest BCUT2D eigenvalue weighted by Gasteiger charge is 2.33. The first-order valence-electron chi connectivity index (χ1n) is 6.03. The summed E-state index contributed by atoms with van der Waals surface area (Å²) in [5, 5.41) is 36.5. The number of nitrogens with zero attached hydrogens (tertiary/aromatic N) is 4. The summed E-state index contributed by atoms with van der Waals surface area (Å²) in [6, 6.07) is 1.42. The predicted molar refractivity (Wildman–Crippen MR) is 81.8 cm³/mol. The monoisotopic (exact) mass is 339 g/mol. The Hall–Kier alpha value is -3.15. The van der Waals surface area contributed by atoms with Crippen LogP contribution in [0.25, 0.3) is 10.4 Å². The van der Waals surface area contributed by atoms with Gasteiger partial charge in [-0.05, 0) is 6.92 Å². The summed E-state index contributed by atoms with van der Waals surface area (Å²) < 4.78 is 0. The van der Waals surface area contributed by atoms with E-state index in [0.717, 1.165) is 11.3 Å². The number of aryl methyl sites for hydroxylation is 1. The second kappa shape index (κ2) is 5.92. The zero-order valence-corrected chi connectivity index (χ0v) is 12.6. The molecule has 0 radical (unpaired) electrons. The van der Waals surface area contributed by atoms with E-state index in [2.05, 4.69) is 10.3 Å². The Balaban J connectivity index is 2.88. The number of hydrogen-bond acceptors (Lipinski definition) is 9. The maximum absolute atomic E-state index is 11.3. The van der Waals surface area contributed by atoms with Crippen molar-refractivity contribution in [2.45, 2.75) is 6.92 Å². The third kappa shape index (κ3) is 2.91. The molecular formula is C11H9N5O6S. The molecule has 23 heavy (non-hydrogen) atoms. The minimum atomic E-state index is -0.914. The molecule has 1 heterocycles. The minimum Gasteiger partial charge on any atom is -0.365 e. The van der Waals surface area contributed by atoms with Gasteiger partial charge < -0.3 is 5.32 Å². The molecule has 0 unspecified atom stereocenters. The Morgan fingerprint density at radius 1 is 1.04 bits per heavy atom. The van der Waals surface area contributed by atoms with E-state index >= 15 is 0 Å². The van der Waals surface area contributed by atoms with Crippen LogP contribution in [0.15, 0.2) is 12.1 Å². The molecule has 0 aliphatic heterocycles. The zero-order chi connectivity index (χ0) is 17.3. The molecule has 0 spiro atoms. The van der Waals surface area contributed by atoms with Crippen LogP contribution in [-0.2, 0) is 0 Å². The van der Waals surface area contributed by atoms with Crippen LogP contribution in [-0.4, -0.2) is 26.8 Å². The van der Waals surface area contributed by atoms with Crippen molar-refractivity contribution in [1.82, 2.24) is 4.98 Å². The van der Waals surface area contributed by atoms with Crippen LogP contribution in [0.2, 0.25) is 0 Å². The van der Waals surface area contributed by atoms with Crippen LogP contribution < -0.4 is 5.32 Å². The van der Waals surface area contributed by atoms with Crippen molar-refractivity contribution >= 4 is 33.5 Å². The van der Waals surface area contributed by atoms with Gasteiger partial charge in [0.15, 0.2) is 5.13 Å². The number of hydrogen-bond donors (Lipinski definition) is 1. The van der Waals surface area contributed by atoms with Crippen LogP contribution in [0.1, 0.15) is 5.69 Å². The Morgan fingerprint density at radius 3 is 1.91 bits per heavy atom. The summed E-state index contributed by atoms with van der Waals surface area (Å²) >= 11 is 0.989. The van der Waals surface area contributed by atoms with Gasteiger partial charge in [0.1, 0.15) is 5.56 Å². The molecular weight excluding hydrogens is 330 g/mol. The van der Waals surface area contributed by atoms with E-state index in [1.807, 2.05) is 0 Å². The van der Waals surface area contributed by atoms with Gasteiger partial charge in [0.05, 0.1) is 37.5 Å². The molecule has 0 atom stereocenters. The number of benzene rings is 1. The van der Waals surface area contributed by atoms with Crippen LogP contribution in [0, 0.1) is 37.3 Å². The van der Waals surface area contributed by atoms with E-state index in [1.54, 1.807) is 14.0 Å². The molecule has 0 amide bonds. The summed E-state index contributed by atoms with van der Waals surface area (Å²) in [5.41, 5.74) is -2.08. The summed E-state index contributed by atoms with van der Waals surface area (Å²) in [5.74, 6) is 0. The lowest BCUT2D eigenvalue weighted by Crippen LogP contribution is -2.00. The normalized spacial score (nSPS) is 10.3. The number of non-ortho nitro benzene ring substituents is 1. The molecule has 0 aliphatic rings. The van der Waals surface area contributed by atoms with Crippen LogP contribution in [0.4, 0.5) is 22.2 Å². The Morgan fingerprint density at radius 2 is 1.57 bits per heavy atom. The van der Waals surface area contributed by atoms with Gasteiger partial charge >= 0.3 is 0 Å². The number of aromatic nitrogens is 1. The molecule has 11 nitrogen and oxygen atoms in total. The van der Waals surface area contributed by atoms with Crippen molar-refractivity contribution in [1.29, 1.82) is 0 Å². The van der Waals surface area contributed by atoms with Gasteiger partial charge in [0.25, 0.3) is 17.1 Å². The van der Waals surface area contributed by atoms with Crippen molar-refractivity contribution < 1.29 is 14.8 Å². The maximum Gasteiger partial charge on any atom is 0.291 e. The van der Waals surface area contributed by atoms with E-state index in [1.165, 1.54) is 0 Å². The molecule has 0 saturated carbocycles. The second-order valence-electron chi connectivity index (χ2n) is 4.31. The fourth-order valence-corrected chi connectivity index (χ4v) is 2.94. The molecule has 2 rings (SSSR count). The van der Waals surface area contributed by atoms with E-state index in [9.17, 15) is 30.3 Å². The molecule has 12 heteroatoms. The summed E-state index contributed by atoms with van der Waals surface area (Å²) in [4.78, 5) is 35.0. The molecule has 0 aliphatic carbocycles. The third-order valence-electron chi connectivity index (χ3n) is 2.92. The van der Waals surface area contributed by atoms with Gasteiger partial charge in [-0.2, -0.15) is 0 Å². The highest BCUT2D eigenvalue weighted by atomic mass is 32.1. The quantitative estimate of drug-likeness (QED) is 0.644. The summed E-state index contributed by atoms with van der Waals surface area (Å²) in [6.07, 6.45) is 0.